The van der Waals surface area contributed by atoms with E-state index in [0.717, 1.165) is 0 Å². The van der Waals surface area contributed by atoms with Crippen LogP contribution in [0.1, 0.15) is 5.69 Å². The lowest BCUT2D eigenvalue weighted by molar-refractivity contribution is 0.979. The molecule has 1 heterocycles. The third-order valence-corrected chi connectivity index (χ3v) is 1.79. The predicted octanol–water partition coefficient (Wildman–Crippen LogP) is -0.0341. The Morgan fingerprint density at radius 2 is 2.67 bits per heavy atom. The number of nitrogens with zero attached hydrogens (tertiary/aromatic N) is 3. The summed E-state index contributed by atoms with van der Waals surface area (Å²) in [7, 11) is 1.72. The zero-order valence-corrected chi connectivity index (χ0v) is 7.95. The number of hydrazone groups is 1. The first-order chi connectivity index (χ1) is 5.83. The Labute approximate surface area is 79.0 Å². The molecule has 0 spiro atoms. The third-order valence-electron chi connectivity index (χ3n) is 0.967. The predicted molar refractivity (Wildman–Crippen MR) is 52.3 cm³/mol. The van der Waals surface area contributed by atoms with E-state index in [4.69, 9.17) is 12.2 Å². The molecule has 12 heavy (non-hydrogen) atoms. The lowest BCUT2D eigenvalue weighted by atomic mass is 10.6. The molecule has 5 nitrogen and oxygen atoms in total. The molecule has 0 saturated heterocycles. The van der Waals surface area contributed by atoms with Crippen molar-refractivity contribution >= 4 is 35.1 Å². The summed E-state index contributed by atoms with van der Waals surface area (Å²) in [6, 6.07) is 0. The second-order valence-electron chi connectivity index (χ2n) is 1.78. The van der Waals surface area contributed by atoms with Crippen LogP contribution in [0.5, 0.6) is 0 Å². The average molecular weight is 201 g/mol. The van der Waals surface area contributed by atoms with Crippen LogP contribution in [0.4, 0.5) is 0 Å². The first-order valence-corrected chi connectivity index (χ1v) is 4.35. The number of aromatic nitrogens is 2. The normalized spacial score (nSPS) is 10.1. The first-order valence-electron chi connectivity index (χ1n) is 3.11. The van der Waals surface area contributed by atoms with Crippen molar-refractivity contribution in [1.82, 2.24) is 20.3 Å². The highest BCUT2D eigenvalue weighted by molar-refractivity contribution is 7.80. The number of hydrogen-bond acceptors (Lipinski definition) is 5. The first kappa shape index (κ1) is 9.01. The number of hydrogen-bond donors (Lipinski definition) is 2. The molecule has 0 radical (unpaired) electrons. The summed E-state index contributed by atoms with van der Waals surface area (Å²) in [4.78, 5) is 0. The molecule has 1 rings (SSSR count). The maximum Gasteiger partial charge on any atom is 0.186 e. The van der Waals surface area contributed by atoms with Gasteiger partial charge in [0.1, 0.15) is 5.69 Å². The maximum atomic E-state index is 4.78. The monoisotopic (exact) mass is 201 g/mol. The van der Waals surface area contributed by atoms with Crippen molar-refractivity contribution in [3.8, 4) is 0 Å². The molecule has 0 saturated carbocycles. The van der Waals surface area contributed by atoms with E-state index in [1.807, 2.05) is 0 Å². The Hall–Kier alpha value is -1.08. The molecule has 0 aromatic carbocycles. The van der Waals surface area contributed by atoms with E-state index < -0.39 is 0 Å². The fourth-order valence-corrected chi connectivity index (χ4v) is 0.898. The van der Waals surface area contributed by atoms with Crippen LogP contribution in [0.3, 0.4) is 0 Å². The molecular formula is C5H7N5S2. The van der Waals surface area contributed by atoms with Crippen molar-refractivity contribution in [3.05, 3.63) is 11.1 Å². The van der Waals surface area contributed by atoms with Gasteiger partial charge in [0.15, 0.2) is 5.11 Å². The Morgan fingerprint density at radius 3 is 3.25 bits per heavy atom. The SMILES string of the molecule is CNC(=S)N/N=C/c1csnn1. The molecule has 0 atom stereocenters. The van der Waals surface area contributed by atoms with Gasteiger partial charge in [-0.15, -0.1) is 5.10 Å². The van der Waals surface area contributed by atoms with Gasteiger partial charge in [-0.25, -0.2) is 0 Å². The van der Waals surface area contributed by atoms with E-state index in [0.29, 0.717) is 10.8 Å². The van der Waals surface area contributed by atoms with Gasteiger partial charge in [-0.2, -0.15) is 5.10 Å². The van der Waals surface area contributed by atoms with Crippen LogP contribution in [0, 0.1) is 0 Å². The largest absolute Gasteiger partial charge is 0.364 e. The van der Waals surface area contributed by atoms with Crippen LogP contribution in [0.15, 0.2) is 10.5 Å². The molecule has 0 aliphatic rings. The van der Waals surface area contributed by atoms with Gasteiger partial charge in [-0.1, -0.05) is 4.49 Å². The second kappa shape index (κ2) is 4.73. The van der Waals surface area contributed by atoms with Crippen molar-refractivity contribution in [2.75, 3.05) is 7.05 Å². The summed E-state index contributed by atoms with van der Waals surface area (Å²) in [5.74, 6) is 0. The van der Waals surface area contributed by atoms with Crippen LogP contribution in [0.2, 0.25) is 0 Å². The topological polar surface area (TPSA) is 62.2 Å². The van der Waals surface area contributed by atoms with Crippen LogP contribution in [-0.2, 0) is 0 Å². The Bertz CT molecular complexity index is 267. The maximum absolute atomic E-state index is 4.78. The van der Waals surface area contributed by atoms with E-state index >= 15 is 0 Å². The number of rotatable bonds is 2. The van der Waals surface area contributed by atoms with Crippen molar-refractivity contribution in [3.63, 3.8) is 0 Å². The standard InChI is InChI=1S/C5H7N5S2/c1-6-5(11)9-7-2-4-3-12-10-8-4/h2-3H,1H3,(H2,6,9,11)/b7-2+. The molecule has 0 bridgehead atoms. The molecule has 0 unspecified atom stereocenters. The smallest absolute Gasteiger partial charge is 0.186 e. The fraction of sp³-hybridized carbons (Fsp3) is 0.200. The van der Waals surface area contributed by atoms with Crippen molar-refractivity contribution in [2.24, 2.45) is 5.10 Å². The highest BCUT2D eigenvalue weighted by Gasteiger charge is 1.89. The van der Waals surface area contributed by atoms with Gasteiger partial charge in [-0.05, 0) is 23.8 Å². The van der Waals surface area contributed by atoms with Crippen molar-refractivity contribution in [1.29, 1.82) is 0 Å². The average Bonchev–Trinajstić information content (AvgIpc) is 2.57. The Kier molecular flexibility index (Phi) is 3.55. The lowest BCUT2D eigenvalue weighted by Gasteiger charge is -1.97. The fourth-order valence-electron chi connectivity index (χ4n) is 0.441. The van der Waals surface area contributed by atoms with Crippen LogP contribution < -0.4 is 10.7 Å². The lowest BCUT2D eigenvalue weighted by Crippen LogP contribution is -2.28. The van der Waals surface area contributed by atoms with E-state index in [9.17, 15) is 0 Å². The van der Waals surface area contributed by atoms with Gasteiger partial charge < -0.3 is 5.32 Å². The van der Waals surface area contributed by atoms with Crippen molar-refractivity contribution in [2.45, 2.75) is 0 Å². The molecule has 64 valence electrons. The Morgan fingerprint density at radius 1 is 1.83 bits per heavy atom. The Balaban J connectivity index is 2.37. The zero-order chi connectivity index (χ0) is 8.81. The molecule has 0 amide bonds. The minimum absolute atomic E-state index is 0.467. The van der Waals surface area contributed by atoms with Crippen molar-refractivity contribution < 1.29 is 0 Å². The van der Waals surface area contributed by atoms with E-state index in [1.54, 1.807) is 18.6 Å². The van der Waals surface area contributed by atoms with Gasteiger partial charge in [0, 0.05) is 12.4 Å². The highest BCUT2D eigenvalue weighted by Crippen LogP contribution is 1.91. The molecule has 1 aromatic rings. The van der Waals surface area contributed by atoms with Gasteiger partial charge in [0.05, 0.1) is 6.21 Å². The third kappa shape index (κ3) is 2.89. The number of thiocarbonyl (C=S) groups is 1. The zero-order valence-electron chi connectivity index (χ0n) is 6.31. The van der Waals surface area contributed by atoms with Gasteiger partial charge in [0.2, 0.25) is 0 Å². The molecule has 2 N–H and O–H groups in total. The summed E-state index contributed by atoms with van der Waals surface area (Å²) in [6.07, 6.45) is 1.55. The van der Waals surface area contributed by atoms with E-state index in [1.165, 1.54) is 11.5 Å². The van der Waals surface area contributed by atoms with Crippen LogP contribution in [0.25, 0.3) is 0 Å². The summed E-state index contributed by atoms with van der Waals surface area (Å²) in [6.45, 7) is 0. The molecule has 7 heteroatoms. The summed E-state index contributed by atoms with van der Waals surface area (Å²) < 4.78 is 3.66. The van der Waals surface area contributed by atoms with E-state index in [-0.39, 0.29) is 0 Å². The molecule has 0 aliphatic carbocycles. The van der Waals surface area contributed by atoms with Crippen LogP contribution in [-0.4, -0.2) is 28.0 Å². The number of nitrogens with one attached hydrogen (secondary N) is 2. The minimum atomic E-state index is 0.467. The molecule has 1 aromatic heterocycles. The minimum Gasteiger partial charge on any atom is -0.364 e. The highest BCUT2D eigenvalue weighted by atomic mass is 32.1. The summed E-state index contributed by atoms with van der Waals surface area (Å²) >= 11 is 6.06. The quantitative estimate of drug-likeness (QED) is 0.399. The second-order valence-corrected chi connectivity index (χ2v) is 2.80. The van der Waals surface area contributed by atoms with E-state index in [2.05, 4.69) is 25.4 Å². The molecule has 0 aliphatic heterocycles. The van der Waals surface area contributed by atoms with Gasteiger partial charge in [-0.3, -0.25) is 5.43 Å². The molecular weight excluding hydrogens is 194 g/mol. The summed E-state index contributed by atoms with van der Waals surface area (Å²) in [5, 5.41) is 12.5. The molecule has 0 fully saturated rings. The summed E-state index contributed by atoms with van der Waals surface area (Å²) in [5.41, 5.74) is 3.31. The van der Waals surface area contributed by atoms with Gasteiger partial charge in [0.25, 0.3) is 0 Å². The van der Waals surface area contributed by atoms with Crippen LogP contribution >= 0.6 is 23.8 Å². The van der Waals surface area contributed by atoms with Gasteiger partial charge >= 0.3 is 0 Å².